The molecule has 0 spiro atoms. The predicted molar refractivity (Wildman–Crippen MR) is 99.8 cm³/mol. The minimum absolute atomic E-state index is 0.253. The van der Waals surface area contributed by atoms with Crippen LogP contribution in [0.1, 0.15) is 78.6 Å². The molecule has 0 radical (unpaired) electrons. The van der Waals surface area contributed by atoms with Gasteiger partial charge in [-0.2, -0.15) is 0 Å². The van der Waals surface area contributed by atoms with Crippen LogP contribution in [0.15, 0.2) is 9.67 Å². The second-order valence-corrected chi connectivity index (χ2v) is 19.9. The molecule has 1 heterocycles. The second-order valence-electron chi connectivity index (χ2n) is 7.06. The van der Waals surface area contributed by atoms with Gasteiger partial charge in [-0.25, -0.2) is 0 Å². The molecule has 1 fully saturated rings. The molecule has 0 saturated carbocycles. The Bertz CT molecular complexity index is 330. The summed E-state index contributed by atoms with van der Waals surface area (Å²) in [7, 11) is 0. The van der Waals surface area contributed by atoms with Crippen molar-refractivity contribution < 1.29 is 4.79 Å². The average molecular weight is 414 g/mol. The topological polar surface area (TPSA) is 29.1 Å². The van der Waals surface area contributed by atoms with Gasteiger partial charge in [-0.1, -0.05) is 0 Å². The van der Waals surface area contributed by atoms with Gasteiger partial charge in [0.2, 0.25) is 0 Å². The van der Waals surface area contributed by atoms with Crippen molar-refractivity contribution in [3.8, 4) is 0 Å². The Kier molecular flexibility index (Phi) is 10.5. The summed E-state index contributed by atoms with van der Waals surface area (Å²) in [6.07, 6.45) is 11.4. The van der Waals surface area contributed by atoms with Crippen LogP contribution in [0.4, 0.5) is 0 Å². The molecule has 1 rings (SSSR count). The third-order valence-corrected chi connectivity index (χ3v) is 19.3. The van der Waals surface area contributed by atoms with Crippen molar-refractivity contribution in [2.24, 2.45) is 0 Å². The average Bonchev–Trinajstić information content (AvgIpc) is 2.73. The van der Waals surface area contributed by atoms with Crippen molar-refractivity contribution in [2.75, 3.05) is 6.54 Å². The van der Waals surface area contributed by atoms with E-state index in [0.29, 0.717) is 0 Å². The molecular weight excluding hydrogens is 377 g/mol. The van der Waals surface area contributed by atoms with Gasteiger partial charge in [0.15, 0.2) is 0 Å². The summed E-state index contributed by atoms with van der Waals surface area (Å²) >= 11 is -2.30. The minimum atomic E-state index is -2.30. The number of carbonyl (C=O) groups excluding carboxylic acids is 1. The fourth-order valence-electron chi connectivity index (χ4n) is 3.55. The first kappa shape index (κ1) is 20.1. The number of hydrogen-bond donors (Lipinski definition) is 1. The van der Waals surface area contributed by atoms with Crippen LogP contribution in [-0.4, -0.2) is 30.8 Å². The van der Waals surface area contributed by atoms with E-state index >= 15 is 0 Å². The summed E-state index contributed by atoms with van der Waals surface area (Å²) in [5, 5.41) is 3.11. The molecule has 1 aliphatic heterocycles. The van der Waals surface area contributed by atoms with Gasteiger partial charge in [-0.15, -0.1) is 0 Å². The van der Waals surface area contributed by atoms with Crippen LogP contribution in [0.25, 0.3) is 0 Å². The Hall–Kier alpha value is 0.00870. The summed E-state index contributed by atoms with van der Waals surface area (Å²) in [6.45, 7) is 7.79. The quantitative estimate of drug-likeness (QED) is 0.366. The van der Waals surface area contributed by atoms with E-state index in [1.165, 1.54) is 58.3 Å². The molecule has 1 saturated heterocycles. The van der Waals surface area contributed by atoms with Gasteiger partial charge in [0.25, 0.3) is 0 Å². The van der Waals surface area contributed by atoms with Gasteiger partial charge < -0.3 is 0 Å². The first-order valence-corrected chi connectivity index (χ1v) is 17.4. The fourth-order valence-corrected chi connectivity index (χ4v) is 18.9. The number of nitrogens with one attached hydrogen (secondary N) is 1. The van der Waals surface area contributed by atoms with Crippen molar-refractivity contribution >= 4 is 24.3 Å². The van der Waals surface area contributed by atoms with E-state index < -0.39 is 18.4 Å². The van der Waals surface area contributed by atoms with Gasteiger partial charge in [0.05, 0.1) is 0 Å². The second kappa shape index (κ2) is 11.5. The molecule has 3 heteroatoms. The van der Waals surface area contributed by atoms with Crippen molar-refractivity contribution in [3.05, 3.63) is 9.67 Å². The molecule has 0 unspecified atom stereocenters. The summed E-state index contributed by atoms with van der Waals surface area (Å²) in [5.74, 6) is 0.253. The predicted octanol–water partition coefficient (Wildman–Crippen LogP) is 5.60. The number of amides is 1. The molecule has 0 bridgehead atoms. The summed E-state index contributed by atoms with van der Waals surface area (Å²) in [5.41, 5.74) is 1.16. The Balaban J connectivity index is 2.98. The zero-order chi connectivity index (χ0) is 16.3. The maximum atomic E-state index is 12.4. The van der Waals surface area contributed by atoms with Crippen LogP contribution in [0.5, 0.6) is 0 Å². The molecule has 1 N–H and O–H groups in total. The SMILES string of the molecule is CCC[CH2][Sn](/[CH]=C1/CCCCNC1=O)([CH2]CCC)[CH2]CCC. The third kappa shape index (κ3) is 7.06. The van der Waals surface area contributed by atoms with Crippen molar-refractivity contribution in [3.63, 3.8) is 0 Å². The number of hydrogen-bond acceptors (Lipinski definition) is 1. The molecule has 1 aliphatic rings. The first-order valence-electron chi connectivity index (χ1n) is 9.67. The van der Waals surface area contributed by atoms with Crippen molar-refractivity contribution in [1.29, 1.82) is 0 Å². The van der Waals surface area contributed by atoms with Crippen LogP contribution in [-0.2, 0) is 4.79 Å². The molecule has 128 valence electrons. The van der Waals surface area contributed by atoms with Crippen LogP contribution in [0.2, 0.25) is 13.3 Å². The van der Waals surface area contributed by atoms with Crippen molar-refractivity contribution in [1.82, 2.24) is 5.32 Å². The van der Waals surface area contributed by atoms with Crippen LogP contribution >= 0.6 is 0 Å². The molecule has 0 aromatic heterocycles. The van der Waals surface area contributed by atoms with Gasteiger partial charge in [0, 0.05) is 0 Å². The molecule has 0 aliphatic carbocycles. The van der Waals surface area contributed by atoms with E-state index in [-0.39, 0.29) is 5.91 Å². The first-order chi connectivity index (χ1) is 10.7. The Labute approximate surface area is 142 Å². The molecule has 1 amide bonds. The van der Waals surface area contributed by atoms with Gasteiger partial charge in [0.1, 0.15) is 0 Å². The third-order valence-electron chi connectivity index (χ3n) is 5.02. The summed E-state index contributed by atoms with van der Waals surface area (Å²) in [6, 6.07) is 0. The summed E-state index contributed by atoms with van der Waals surface area (Å²) in [4.78, 5) is 12.4. The molecule has 0 aromatic carbocycles. The summed E-state index contributed by atoms with van der Waals surface area (Å²) < 4.78 is 7.00. The maximum absolute atomic E-state index is 12.4. The molecule has 2 nitrogen and oxygen atoms in total. The number of rotatable bonds is 10. The standard InChI is InChI=1S/C7H10NO.3C4H9.Sn/c1-6-4-2-3-5-8-7(6)9;3*1-3-4-2;/h1H,2-5H2,(H,8,9);3*1,3-4H2,2H3;. The van der Waals surface area contributed by atoms with Gasteiger partial charge in [-0.05, 0) is 0 Å². The van der Waals surface area contributed by atoms with Gasteiger partial charge in [-0.3, -0.25) is 0 Å². The Morgan fingerprint density at radius 2 is 1.50 bits per heavy atom. The van der Waals surface area contributed by atoms with E-state index in [2.05, 4.69) is 30.2 Å². The number of carbonyl (C=O) groups is 1. The molecular formula is C19H37NOSn. The molecule has 0 atom stereocenters. The fraction of sp³-hybridized carbons (Fsp3) is 0.842. The number of unbranched alkanes of at least 4 members (excludes halogenated alkanes) is 3. The Morgan fingerprint density at radius 1 is 0.955 bits per heavy atom. The van der Waals surface area contributed by atoms with E-state index in [1.54, 1.807) is 0 Å². The molecule has 0 aromatic rings. The van der Waals surface area contributed by atoms with Crippen molar-refractivity contribution in [2.45, 2.75) is 91.9 Å². The van der Waals surface area contributed by atoms with Gasteiger partial charge >= 0.3 is 142 Å². The van der Waals surface area contributed by atoms with E-state index in [9.17, 15) is 4.79 Å². The van der Waals surface area contributed by atoms with Crippen LogP contribution < -0.4 is 5.32 Å². The zero-order valence-electron chi connectivity index (χ0n) is 15.2. The molecule has 22 heavy (non-hydrogen) atoms. The monoisotopic (exact) mass is 415 g/mol. The van der Waals surface area contributed by atoms with Crippen LogP contribution in [0, 0.1) is 0 Å². The van der Waals surface area contributed by atoms with Crippen LogP contribution in [0.3, 0.4) is 0 Å². The Morgan fingerprint density at radius 3 is 2.00 bits per heavy atom. The van der Waals surface area contributed by atoms with E-state index in [0.717, 1.165) is 25.0 Å². The normalized spacial score (nSPS) is 18.3. The zero-order valence-corrected chi connectivity index (χ0v) is 18.0. The van der Waals surface area contributed by atoms with E-state index in [4.69, 9.17) is 0 Å². The van der Waals surface area contributed by atoms with E-state index in [1.807, 2.05) is 0 Å².